The lowest BCUT2D eigenvalue weighted by Crippen LogP contribution is -2.20. The molecule has 2 unspecified atom stereocenters. The van der Waals surface area contributed by atoms with Crippen LogP contribution in [0.2, 0.25) is 0 Å². The average molecular weight is 203 g/mol. The van der Waals surface area contributed by atoms with Gasteiger partial charge in [-0.3, -0.25) is 0 Å². The van der Waals surface area contributed by atoms with Crippen LogP contribution in [-0.4, -0.2) is 32.2 Å². The first-order chi connectivity index (χ1) is 6.25. The molecule has 0 saturated carbocycles. The molecule has 4 nitrogen and oxygen atoms in total. The summed E-state index contributed by atoms with van der Waals surface area (Å²) in [6, 6.07) is 1.64. The van der Waals surface area contributed by atoms with Gasteiger partial charge >= 0.3 is 0 Å². The minimum absolute atomic E-state index is 0.222. The van der Waals surface area contributed by atoms with Gasteiger partial charge in [-0.05, 0) is 12.5 Å². The highest BCUT2D eigenvalue weighted by Gasteiger charge is 2.19. The highest BCUT2D eigenvalue weighted by atomic mass is 35.5. The van der Waals surface area contributed by atoms with Crippen molar-refractivity contribution in [3.05, 3.63) is 24.3 Å². The Bertz CT molecular complexity index is 245. The second-order valence-corrected chi connectivity index (χ2v) is 2.97. The molecule has 0 radical (unpaired) electrons. The van der Waals surface area contributed by atoms with E-state index in [0.29, 0.717) is 12.3 Å². The van der Waals surface area contributed by atoms with Crippen LogP contribution in [0, 0.1) is 0 Å². The van der Waals surface area contributed by atoms with E-state index >= 15 is 0 Å². The molecule has 1 aromatic heterocycles. The molecule has 0 aliphatic rings. The molecule has 1 rings (SSSR count). The first-order valence-electron chi connectivity index (χ1n) is 3.94. The van der Waals surface area contributed by atoms with Crippen molar-refractivity contribution in [2.24, 2.45) is 0 Å². The van der Waals surface area contributed by atoms with Crippen molar-refractivity contribution in [3.8, 4) is 0 Å². The molecule has 0 spiro atoms. The van der Waals surface area contributed by atoms with E-state index in [2.05, 4.69) is 9.97 Å². The summed E-state index contributed by atoms with van der Waals surface area (Å²) in [4.78, 5) is 7.64. The summed E-state index contributed by atoms with van der Waals surface area (Å²) < 4.78 is 0. The summed E-state index contributed by atoms with van der Waals surface area (Å²) >= 11 is 5.42. The first-order valence-corrected chi connectivity index (χ1v) is 4.48. The zero-order chi connectivity index (χ0) is 9.68. The van der Waals surface area contributed by atoms with Gasteiger partial charge in [-0.1, -0.05) is 0 Å². The van der Waals surface area contributed by atoms with Crippen molar-refractivity contribution in [2.75, 3.05) is 5.88 Å². The summed E-state index contributed by atoms with van der Waals surface area (Å²) in [6.45, 7) is 0. The molecule has 0 saturated heterocycles. The van der Waals surface area contributed by atoms with E-state index in [9.17, 15) is 10.2 Å². The smallest absolute Gasteiger partial charge is 0.159 e. The first kappa shape index (κ1) is 10.4. The Morgan fingerprint density at radius 3 is 2.46 bits per heavy atom. The van der Waals surface area contributed by atoms with Crippen LogP contribution in [-0.2, 0) is 0 Å². The number of aliphatic hydroxyl groups excluding tert-OH is 2. The van der Waals surface area contributed by atoms with Crippen molar-refractivity contribution in [3.63, 3.8) is 0 Å². The standard InChI is InChI=1S/C8H11ClN2O2/c9-3-2-6(12)7(13)8-10-4-1-5-11-8/h1,4-7,12-13H,2-3H2. The van der Waals surface area contributed by atoms with E-state index in [1.165, 1.54) is 12.4 Å². The number of alkyl halides is 1. The van der Waals surface area contributed by atoms with E-state index in [4.69, 9.17) is 11.6 Å². The van der Waals surface area contributed by atoms with Crippen LogP contribution >= 0.6 is 11.6 Å². The maximum Gasteiger partial charge on any atom is 0.159 e. The number of aromatic nitrogens is 2. The maximum absolute atomic E-state index is 9.49. The minimum Gasteiger partial charge on any atom is -0.390 e. The van der Waals surface area contributed by atoms with Gasteiger partial charge in [0.2, 0.25) is 0 Å². The molecule has 0 amide bonds. The normalized spacial score (nSPS) is 15.3. The van der Waals surface area contributed by atoms with Gasteiger partial charge in [0, 0.05) is 18.3 Å². The zero-order valence-electron chi connectivity index (χ0n) is 6.97. The van der Waals surface area contributed by atoms with Gasteiger partial charge in [0.05, 0.1) is 6.10 Å². The molecular weight excluding hydrogens is 192 g/mol. The molecule has 2 atom stereocenters. The van der Waals surface area contributed by atoms with E-state index in [1.807, 2.05) is 0 Å². The van der Waals surface area contributed by atoms with Crippen molar-refractivity contribution in [1.29, 1.82) is 0 Å². The van der Waals surface area contributed by atoms with Gasteiger partial charge in [-0.2, -0.15) is 0 Å². The van der Waals surface area contributed by atoms with Crippen LogP contribution in [0.15, 0.2) is 18.5 Å². The van der Waals surface area contributed by atoms with Crippen LogP contribution in [0.1, 0.15) is 18.3 Å². The minimum atomic E-state index is -1.06. The van der Waals surface area contributed by atoms with Crippen LogP contribution in [0.25, 0.3) is 0 Å². The molecule has 2 N–H and O–H groups in total. The highest BCUT2D eigenvalue weighted by Crippen LogP contribution is 2.14. The Labute approximate surface area is 81.2 Å². The van der Waals surface area contributed by atoms with E-state index < -0.39 is 12.2 Å². The predicted molar refractivity (Wildman–Crippen MR) is 48.3 cm³/mol. The van der Waals surface area contributed by atoms with Crippen molar-refractivity contribution < 1.29 is 10.2 Å². The monoisotopic (exact) mass is 202 g/mol. The topological polar surface area (TPSA) is 66.2 Å². The number of hydrogen-bond donors (Lipinski definition) is 2. The van der Waals surface area contributed by atoms with E-state index in [-0.39, 0.29) is 5.82 Å². The molecule has 0 fully saturated rings. The SMILES string of the molecule is OC(CCCl)C(O)c1ncccn1. The Balaban J connectivity index is 2.62. The van der Waals surface area contributed by atoms with E-state index in [0.717, 1.165) is 0 Å². The Morgan fingerprint density at radius 1 is 1.31 bits per heavy atom. The lowest BCUT2D eigenvalue weighted by molar-refractivity contribution is 0.0116. The lowest BCUT2D eigenvalue weighted by atomic mass is 10.1. The van der Waals surface area contributed by atoms with Gasteiger partial charge in [-0.25, -0.2) is 9.97 Å². The summed E-state index contributed by atoms with van der Waals surface area (Å²) in [5.41, 5.74) is 0. The lowest BCUT2D eigenvalue weighted by Gasteiger charge is -2.14. The molecule has 0 aromatic carbocycles. The molecule has 0 aliphatic heterocycles. The molecule has 0 bridgehead atoms. The van der Waals surface area contributed by atoms with Crippen molar-refractivity contribution in [1.82, 2.24) is 9.97 Å². The van der Waals surface area contributed by atoms with Crippen LogP contribution < -0.4 is 0 Å². The summed E-state index contributed by atoms with van der Waals surface area (Å²) in [7, 11) is 0. The Morgan fingerprint density at radius 2 is 1.92 bits per heavy atom. The van der Waals surface area contributed by atoms with Crippen LogP contribution in [0.3, 0.4) is 0 Å². The van der Waals surface area contributed by atoms with Gasteiger partial charge in [0.1, 0.15) is 6.10 Å². The zero-order valence-corrected chi connectivity index (χ0v) is 7.72. The maximum atomic E-state index is 9.49. The molecule has 1 heterocycles. The quantitative estimate of drug-likeness (QED) is 0.698. The fourth-order valence-corrected chi connectivity index (χ4v) is 1.13. The van der Waals surface area contributed by atoms with Crippen molar-refractivity contribution in [2.45, 2.75) is 18.6 Å². The second kappa shape index (κ2) is 5.11. The molecule has 72 valence electrons. The van der Waals surface area contributed by atoms with Gasteiger partial charge in [0.15, 0.2) is 5.82 Å². The summed E-state index contributed by atoms with van der Waals surface area (Å²) in [5.74, 6) is 0.519. The summed E-state index contributed by atoms with van der Waals surface area (Å²) in [5, 5.41) is 18.8. The second-order valence-electron chi connectivity index (χ2n) is 2.60. The molecular formula is C8H11ClN2O2. The molecule has 0 aliphatic carbocycles. The third-order valence-corrected chi connectivity index (χ3v) is 1.84. The van der Waals surface area contributed by atoms with Crippen molar-refractivity contribution >= 4 is 11.6 Å². The van der Waals surface area contributed by atoms with Crippen LogP contribution in [0.5, 0.6) is 0 Å². The number of rotatable bonds is 4. The summed E-state index contributed by atoms with van der Waals surface area (Å²) in [6.07, 6.45) is 1.39. The third-order valence-electron chi connectivity index (χ3n) is 1.62. The average Bonchev–Trinajstić information content (AvgIpc) is 2.18. The fraction of sp³-hybridized carbons (Fsp3) is 0.500. The number of halogens is 1. The highest BCUT2D eigenvalue weighted by molar-refractivity contribution is 6.17. The Kier molecular flexibility index (Phi) is 4.08. The number of hydrogen-bond acceptors (Lipinski definition) is 4. The van der Waals surface area contributed by atoms with Crippen LogP contribution in [0.4, 0.5) is 0 Å². The van der Waals surface area contributed by atoms with E-state index in [1.54, 1.807) is 6.07 Å². The molecule has 1 aromatic rings. The molecule has 13 heavy (non-hydrogen) atoms. The van der Waals surface area contributed by atoms with Gasteiger partial charge in [0.25, 0.3) is 0 Å². The number of aliphatic hydroxyl groups is 2. The number of nitrogens with zero attached hydrogens (tertiary/aromatic N) is 2. The fourth-order valence-electron chi connectivity index (χ4n) is 0.905. The molecule has 5 heteroatoms. The Hall–Kier alpha value is -0.710. The third kappa shape index (κ3) is 2.91. The van der Waals surface area contributed by atoms with Gasteiger partial charge in [-0.15, -0.1) is 11.6 Å². The predicted octanol–water partition coefficient (Wildman–Crippen LogP) is 0.500. The van der Waals surface area contributed by atoms with Gasteiger partial charge < -0.3 is 10.2 Å². The largest absolute Gasteiger partial charge is 0.390 e.